The van der Waals surface area contributed by atoms with E-state index in [1.165, 1.54) is 31.2 Å². The van der Waals surface area contributed by atoms with Gasteiger partial charge in [0.15, 0.2) is 0 Å². The monoisotopic (exact) mass is 416 g/mol. The highest BCUT2D eigenvalue weighted by Gasteiger charge is 2.49. The number of benzene rings is 1. The normalized spacial score (nSPS) is 28.5. The maximum Gasteiger partial charge on any atom is 0.127 e. The van der Waals surface area contributed by atoms with E-state index in [0.717, 1.165) is 49.8 Å². The number of rotatable bonds is 9. The van der Waals surface area contributed by atoms with E-state index in [-0.39, 0.29) is 23.5 Å². The number of fused-ring (bicyclic) bond motifs is 3. The minimum Gasteiger partial charge on any atom is -0.508 e. The van der Waals surface area contributed by atoms with E-state index in [4.69, 9.17) is 4.74 Å². The van der Waals surface area contributed by atoms with Crippen molar-refractivity contribution in [2.45, 2.75) is 116 Å². The number of aromatic hydroxyl groups is 1. The first-order valence-corrected chi connectivity index (χ1v) is 12.4. The molecule has 0 bridgehead atoms. The van der Waals surface area contributed by atoms with Crippen LogP contribution < -0.4 is 4.74 Å². The smallest absolute Gasteiger partial charge is 0.127 e. The zero-order valence-corrected chi connectivity index (χ0v) is 20.0. The largest absolute Gasteiger partial charge is 0.508 e. The van der Waals surface area contributed by atoms with Crippen LogP contribution in [0.5, 0.6) is 11.5 Å². The predicted octanol–water partition coefficient (Wildman–Crippen LogP) is 7.08. The van der Waals surface area contributed by atoms with Crippen molar-refractivity contribution in [3.63, 3.8) is 0 Å². The first-order valence-electron chi connectivity index (χ1n) is 12.4. The van der Waals surface area contributed by atoms with Crippen molar-refractivity contribution in [3.05, 3.63) is 23.3 Å². The summed E-state index contributed by atoms with van der Waals surface area (Å²) < 4.78 is 6.74. The number of phenols is 1. The number of ether oxygens (including phenoxy) is 1. The van der Waals surface area contributed by atoms with Crippen LogP contribution in [0, 0.1) is 11.8 Å². The van der Waals surface area contributed by atoms with Crippen LogP contribution in [0.1, 0.15) is 116 Å². The lowest BCUT2D eigenvalue weighted by Crippen LogP contribution is -2.49. The molecule has 30 heavy (non-hydrogen) atoms. The fraction of sp³-hybridized carbons (Fsp3) is 0.778. The number of unbranched alkanes of at least 4 members (excludes halogenated alkanes) is 3. The molecular formula is C27H44O3. The Labute approximate surface area is 184 Å². The van der Waals surface area contributed by atoms with E-state index in [2.05, 4.69) is 40.7 Å². The van der Waals surface area contributed by atoms with Crippen LogP contribution in [0.4, 0.5) is 0 Å². The van der Waals surface area contributed by atoms with Gasteiger partial charge in [-0.3, -0.25) is 0 Å². The van der Waals surface area contributed by atoms with Crippen molar-refractivity contribution in [2.75, 3.05) is 6.61 Å². The molecule has 4 atom stereocenters. The van der Waals surface area contributed by atoms with Crippen LogP contribution in [0.15, 0.2) is 12.1 Å². The van der Waals surface area contributed by atoms with Gasteiger partial charge in [-0.25, -0.2) is 0 Å². The summed E-state index contributed by atoms with van der Waals surface area (Å²) in [6.07, 6.45) is 11.3. The van der Waals surface area contributed by atoms with Gasteiger partial charge in [0, 0.05) is 18.1 Å². The van der Waals surface area contributed by atoms with E-state index in [9.17, 15) is 10.2 Å². The topological polar surface area (TPSA) is 49.7 Å². The number of hydrogen-bond acceptors (Lipinski definition) is 3. The average molecular weight is 417 g/mol. The Balaban J connectivity index is 1.95. The van der Waals surface area contributed by atoms with Gasteiger partial charge in [0.05, 0.1) is 0 Å². The van der Waals surface area contributed by atoms with Crippen molar-refractivity contribution in [3.8, 4) is 11.5 Å². The fourth-order valence-electron chi connectivity index (χ4n) is 6.13. The van der Waals surface area contributed by atoms with Crippen molar-refractivity contribution >= 4 is 0 Å². The Hall–Kier alpha value is -1.22. The maximum absolute atomic E-state index is 11.2. The van der Waals surface area contributed by atoms with Crippen molar-refractivity contribution in [1.82, 2.24) is 0 Å². The lowest BCUT2D eigenvalue weighted by Gasteiger charge is -2.51. The minimum absolute atomic E-state index is 0.0157. The van der Waals surface area contributed by atoms with E-state index < -0.39 is 0 Å². The molecule has 0 aromatic heterocycles. The van der Waals surface area contributed by atoms with E-state index in [1.807, 2.05) is 6.07 Å². The van der Waals surface area contributed by atoms with Gasteiger partial charge in [-0.2, -0.15) is 0 Å². The van der Waals surface area contributed by atoms with E-state index in [1.54, 1.807) is 0 Å². The molecule has 0 radical (unpaired) electrons. The van der Waals surface area contributed by atoms with Crippen LogP contribution in [0.2, 0.25) is 0 Å². The van der Waals surface area contributed by atoms with Crippen molar-refractivity contribution in [2.24, 2.45) is 11.8 Å². The summed E-state index contributed by atoms with van der Waals surface area (Å²) >= 11 is 0. The summed E-state index contributed by atoms with van der Waals surface area (Å²) in [5.74, 6) is 2.31. The van der Waals surface area contributed by atoms with Gasteiger partial charge in [-0.1, -0.05) is 59.8 Å². The standard InChI is InChI=1S/C27H44O3/c1-6-8-9-10-14-26(3,4)20-16-23(29)25-21-15-19(18-28)11-12-22(21)27(5,13-7-2)30-24(25)17-20/h16-17,19,21-22,28-29H,6-15,18H2,1-5H3/t19-,21-,22-,27+/m1/s1. The Morgan fingerprint density at radius 3 is 2.53 bits per heavy atom. The van der Waals surface area contributed by atoms with Gasteiger partial charge in [-0.15, -0.1) is 0 Å². The Bertz CT molecular complexity index is 710. The molecule has 0 spiro atoms. The maximum atomic E-state index is 11.2. The molecular weight excluding hydrogens is 372 g/mol. The van der Waals surface area contributed by atoms with Gasteiger partial charge in [0.25, 0.3) is 0 Å². The third-order valence-electron chi connectivity index (χ3n) is 8.02. The van der Waals surface area contributed by atoms with Crippen LogP contribution in [-0.4, -0.2) is 22.4 Å². The first-order chi connectivity index (χ1) is 14.3. The van der Waals surface area contributed by atoms with Gasteiger partial charge >= 0.3 is 0 Å². The summed E-state index contributed by atoms with van der Waals surface area (Å²) in [6.45, 7) is 11.6. The van der Waals surface area contributed by atoms with Gasteiger partial charge in [0.1, 0.15) is 17.1 Å². The van der Waals surface area contributed by atoms with Gasteiger partial charge < -0.3 is 14.9 Å². The first kappa shape index (κ1) is 23.4. The lowest BCUT2D eigenvalue weighted by molar-refractivity contribution is -0.0408. The molecule has 1 aromatic carbocycles. The molecule has 1 saturated carbocycles. The Kier molecular flexibility index (Phi) is 7.43. The van der Waals surface area contributed by atoms with E-state index >= 15 is 0 Å². The minimum atomic E-state index is -0.191. The average Bonchev–Trinajstić information content (AvgIpc) is 2.70. The molecule has 2 N–H and O–H groups in total. The molecule has 0 saturated heterocycles. The summed E-state index contributed by atoms with van der Waals surface area (Å²) in [4.78, 5) is 0. The zero-order chi connectivity index (χ0) is 21.9. The molecule has 170 valence electrons. The Morgan fingerprint density at radius 2 is 1.87 bits per heavy atom. The summed E-state index contributed by atoms with van der Waals surface area (Å²) in [5, 5.41) is 21.0. The molecule has 3 heteroatoms. The summed E-state index contributed by atoms with van der Waals surface area (Å²) in [5.41, 5.74) is 2.00. The number of phenolic OH excluding ortho intramolecular Hbond substituents is 1. The molecule has 0 amide bonds. The Morgan fingerprint density at radius 1 is 1.10 bits per heavy atom. The second-order valence-electron chi connectivity index (χ2n) is 10.8. The molecule has 1 aromatic rings. The lowest BCUT2D eigenvalue weighted by atomic mass is 9.62. The highest BCUT2D eigenvalue weighted by molar-refractivity contribution is 5.53. The van der Waals surface area contributed by atoms with Gasteiger partial charge in [0.2, 0.25) is 0 Å². The van der Waals surface area contributed by atoms with Crippen LogP contribution in [0.25, 0.3) is 0 Å². The molecule has 2 aliphatic rings. The summed E-state index contributed by atoms with van der Waals surface area (Å²) in [7, 11) is 0. The molecule has 0 unspecified atom stereocenters. The summed E-state index contributed by atoms with van der Waals surface area (Å²) in [6, 6.07) is 4.23. The number of aliphatic hydroxyl groups is 1. The second kappa shape index (κ2) is 9.51. The number of aliphatic hydroxyl groups excluding tert-OH is 1. The fourth-order valence-corrected chi connectivity index (χ4v) is 6.13. The van der Waals surface area contributed by atoms with Crippen LogP contribution in [0.3, 0.4) is 0 Å². The van der Waals surface area contributed by atoms with Gasteiger partial charge in [-0.05, 0) is 74.0 Å². The third-order valence-corrected chi connectivity index (χ3v) is 8.02. The molecule has 3 nitrogen and oxygen atoms in total. The van der Waals surface area contributed by atoms with Crippen molar-refractivity contribution in [1.29, 1.82) is 0 Å². The third kappa shape index (κ3) is 4.66. The second-order valence-corrected chi connectivity index (χ2v) is 10.8. The highest BCUT2D eigenvalue weighted by Crippen LogP contribution is 2.57. The quantitative estimate of drug-likeness (QED) is 0.423. The van der Waals surface area contributed by atoms with Crippen molar-refractivity contribution < 1.29 is 14.9 Å². The molecule has 1 aliphatic heterocycles. The zero-order valence-electron chi connectivity index (χ0n) is 20.0. The SMILES string of the molecule is CCCCCCC(C)(C)c1cc(O)c2c(c1)O[C@@](C)(CCC)[C@@H]1CC[C@@H](CO)C[C@@H]21. The number of hydrogen-bond donors (Lipinski definition) is 2. The van der Waals surface area contributed by atoms with Crippen LogP contribution in [-0.2, 0) is 5.41 Å². The van der Waals surface area contributed by atoms with E-state index in [0.29, 0.717) is 17.6 Å². The molecule has 1 fully saturated rings. The highest BCUT2D eigenvalue weighted by atomic mass is 16.5. The molecule has 3 rings (SSSR count). The predicted molar refractivity (Wildman–Crippen MR) is 124 cm³/mol. The van der Waals surface area contributed by atoms with Crippen LogP contribution >= 0.6 is 0 Å². The molecule has 1 heterocycles. The molecule has 1 aliphatic carbocycles.